The average Bonchev–Trinajstić information content (AvgIpc) is 2.72. The number of fused-ring (bicyclic) bond motifs is 1. The Balaban J connectivity index is 1.73. The minimum absolute atomic E-state index is 0.0501. The van der Waals surface area contributed by atoms with Crippen LogP contribution in [-0.2, 0) is 17.8 Å². The molecule has 3 rings (SSSR count). The molecule has 0 aliphatic carbocycles. The van der Waals surface area contributed by atoms with Gasteiger partial charge in [-0.1, -0.05) is 6.07 Å². The molecule has 0 radical (unpaired) electrons. The first kappa shape index (κ1) is 20.3. The third kappa shape index (κ3) is 4.53. The van der Waals surface area contributed by atoms with Gasteiger partial charge in [0.2, 0.25) is 11.7 Å². The molecule has 8 nitrogen and oxygen atoms in total. The predicted octanol–water partition coefficient (Wildman–Crippen LogP) is 3.26. The fourth-order valence-electron chi connectivity index (χ4n) is 3.35. The van der Waals surface area contributed by atoms with Gasteiger partial charge in [-0.3, -0.25) is 4.79 Å². The second-order valence-corrected chi connectivity index (χ2v) is 6.67. The number of anilines is 2. The summed E-state index contributed by atoms with van der Waals surface area (Å²) in [5, 5.41) is 5.59. The Hall–Kier alpha value is -3.42. The van der Waals surface area contributed by atoms with Crippen LogP contribution in [0.2, 0.25) is 0 Å². The SMILES string of the molecule is COc1cc(NC(=O)Nc2ccc3c(c2)CN(C(C)=O)CC3)cc(OC)c1OC. The zero-order valence-electron chi connectivity index (χ0n) is 17.0. The highest BCUT2D eigenvalue weighted by Gasteiger charge is 2.19. The van der Waals surface area contributed by atoms with Crippen molar-refractivity contribution in [2.75, 3.05) is 38.5 Å². The molecule has 0 bridgehead atoms. The average molecular weight is 399 g/mol. The highest BCUT2D eigenvalue weighted by atomic mass is 16.5. The molecule has 1 heterocycles. The maximum absolute atomic E-state index is 12.5. The normalized spacial score (nSPS) is 12.6. The zero-order valence-corrected chi connectivity index (χ0v) is 17.0. The molecule has 1 aliphatic rings. The number of nitrogens with zero attached hydrogens (tertiary/aromatic N) is 1. The number of hydrogen-bond donors (Lipinski definition) is 2. The van der Waals surface area contributed by atoms with E-state index in [4.69, 9.17) is 14.2 Å². The molecule has 0 saturated carbocycles. The molecule has 0 spiro atoms. The van der Waals surface area contributed by atoms with Crippen molar-refractivity contribution in [1.82, 2.24) is 4.90 Å². The van der Waals surface area contributed by atoms with Crippen LogP contribution in [0.3, 0.4) is 0 Å². The summed E-state index contributed by atoms with van der Waals surface area (Å²) in [5.74, 6) is 1.39. The van der Waals surface area contributed by atoms with E-state index in [-0.39, 0.29) is 5.91 Å². The molecule has 0 aromatic heterocycles. The molecule has 3 amide bonds. The molecule has 0 atom stereocenters. The van der Waals surface area contributed by atoms with Crippen molar-refractivity contribution in [3.05, 3.63) is 41.5 Å². The first-order valence-electron chi connectivity index (χ1n) is 9.20. The van der Waals surface area contributed by atoms with Gasteiger partial charge in [0.25, 0.3) is 0 Å². The van der Waals surface area contributed by atoms with Gasteiger partial charge in [-0.2, -0.15) is 0 Å². The zero-order chi connectivity index (χ0) is 21.0. The molecule has 2 aromatic carbocycles. The van der Waals surface area contributed by atoms with Crippen molar-refractivity contribution in [3.8, 4) is 17.2 Å². The number of rotatable bonds is 5. The molecule has 0 unspecified atom stereocenters. The summed E-state index contributed by atoms with van der Waals surface area (Å²) in [6, 6.07) is 8.65. The second-order valence-electron chi connectivity index (χ2n) is 6.67. The van der Waals surface area contributed by atoms with E-state index in [1.807, 2.05) is 18.2 Å². The van der Waals surface area contributed by atoms with Crippen LogP contribution in [0.1, 0.15) is 18.1 Å². The number of benzene rings is 2. The largest absolute Gasteiger partial charge is 0.493 e. The minimum atomic E-state index is -0.404. The van der Waals surface area contributed by atoms with E-state index < -0.39 is 6.03 Å². The van der Waals surface area contributed by atoms with Gasteiger partial charge in [0.1, 0.15) is 0 Å². The third-order valence-corrected chi connectivity index (χ3v) is 4.84. The number of ether oxygens (including phenoxy) is 3. The predicted molar refractivity (Wildman–Crippen MR) is 110 cm³/mol. The van der Waals surface area contributed by atoms with Crippen LogP contribution in [0.15, 0.2) is 30.3 Å². The fraction of sp³-hybridized carbons (Fsp3) is 0.333. The summed E-state index contributed by atoms with van der Waals surface area (Å²) in [6.07, 6.45) is 0.812. The van der Waals surface area contributed by atoms with Crippen molar-refractivity contribution >= 4 is 23.3 Å². The van der Waals surface area contributed by atoms with Crippen molar-refractivity contribution in [2.45, 2.75) is 19.9 Å². The highest BCUT2D eigenvalue weighted by Crippen LogP contribution is 2.40. The van der Waals surface area contributed by atoms with Crippen molar-refractivity contribution in [1.29, 1.82) is 0 Å². The maximum atomic E-state index is 12.5. The summed E-state index contributed by atoms with van der Waals surface area (Å²) in [7, 11) is 4.54. The van der Waals surface area contributed by atoms with Crippen molar-refractivity contribution in [3.63, 3.8) is 0 Å². The molecular formula is C21H25N3O5. The van der Waals surface area contributed by atoms with Gasteiger partial charge in [0.05, 0.1) is 27.0 Å². The third-order valence-electron chi connectivity index (χ3n) is 4.84. The lowest BCUT2D eigenvalue weighted by atomic mass is 9.99. The molecular weight excluding hydrogens is 374 g/mol. The smallest absolute Gasteiger partial charge is 0.323 e. The number of amides is 3. The van der Waals surface area contributed by atoms with Crippen LogP contribution in [0, 0.1) is 0 Å². The van der Waals surface area contributed by atoms with Crippen molar-refractivity contribution in [2.24, 2.45) is 0 Å². The van der Waals surface area contributed by atoms with E-state index in [0.717, 1.165) is 18.5 Å². The van der Waals surface area contributed by atoms with Gasteiger partial charge >= 0.3 is 6.03 Å². The van der Waals surface area contributed by atoms with Crippen LogP contribution in [0.5, 0.6) is 17.2 Å². The lowest BCUT2D eigenvalue weighted by Gasteiger charge is -2.28. The molecule has 8 heteroatoms. The minimum Gasteiger partial charge on any atom is -0.493 e. The van der Waals surface area contributed by atoms with Crippen LogP contribution < -0.4 is 24.8 Å². The topological polar surface area (TPSA) is 89.1 Å². The van der Waals surface area contributed by atoms with E-state index in [0.29, 0.717) is 35.2 Å². The van der Waals surface area contributed by atoms with Gasteiger partial charge in [0, 0.05) is 37.8 Å². The Bertz CT molecular complexity index is 904. The Morgan fingerprint density at radius 3 is 2.14 bits per heavy atom. The van der Waals surface area contributed by atoms with Crippen LogP contribution in [0.25, 0.3) is 0 Å². The highest BCUT2D eigenvalue weighted by molar-refractivity contribution is 6.00. The van der Waals surface area contributed by atoms with Crippen molar-refractivity contribution < 1.29 is 23.8 Å². The van der Waals surface area contributed by atoms with E-state index in [1.54, 1.807) is 24.0 Å². The van der Waals surface area contributed by atoms with E-state index in [9.17, 15) is 9.59 Å². The number of nitrogens with one attached hydrogen (secondary N) is 2. The first-order valence-corrected chi connectivity index (χ1v) is 9.20. The van der Waals surface area contributed by atoms with Gasteiger partial charge in [0.15, 0.2) is 11.5 Å². The van der Waals surface area contributed by atoms with E-state index >= 15 is 0 Å². The first-order chi connectivity index (χ1) is 13.9. The quantitative estimate of drug-likeness (QED) is 0.806. The Labute approximate surface area is 169 Å². The van der Waals surface area contributed by atoms with Gasteiger partial charge in [-0.15, -0.1) is 0 Å². The Kier molecular flexibility index (Phi) is 6.11. The molecule has 29 heavy (non-hydrogen) atoms. The summed E-state index contributed by atoms with van der Waals surface area (Å²) < 4.78 is 15.9. The van der Waals surface area contributed by atoms with Gasteiger partial charge < -0.3 is 29.7 Å². The Morgan fingerprint density at radius 1 is 0.897 bits per heavy atom. The molecule has 2 N–H and O–H groups in total. The van der Waals surface area contributed by atoms with Crippen LogP contribution in [0.4, 0.5) is 16.2 Å². The van der Waals surface area contributed by atoms with Crippen LogP contribution in [-0.4, -0.2) is 44.7 Å². The molecule has 2 aromatic rings. The van der Waals surface area contributed by atoms with E-state index in [2.05, 4.69) is 10.6 Å². The second kappa shape index (κ2) is 8.72. The summed E-state index contributed by atoms with van der Waals surface area (Å²) in [4.78, 5) is 25.9. The Morgan fingerprint density at radius 2 is 1.55 bits per heavy atom. The molecule has 0 saturated heterocycles. The van der Waals surface area contributed by atoms with E-state index in [1.165, 1.54) is 26.9 Å². The fourth-order valence-corrected chi connectivity index (χ4v) is 3.35. The number of hydrogen-bond acceptors (Lipinski definition) is 5. The maximum Gasteiger partial charge on any atom is 0.323 e. The monoisotopic (exact) mass is 399 g/mol. The summed E-state index contributed by atoms with van der Waals surface area (Å²) >= 11 is 0. The number of carbonyl (C=O) groups is 2. The number of methoxy groups -OCH3 is 3. The molecule has 1 aliphatic heterocycles. The lowest BCUT2D eigenvalue weighted by Crippen LogP contribution is -2.34. The number of carbonyl (C=O) groups excluding carboxylic acids is 2. The lowest BCUT2D eigenvalue weighted by molar-refractivity contribution is -0.129. The van der Waals surface area contributed by atoms with Gasteiger partial charge in [-0.05, 0) is 29.7 Å². The van der Waals surface area contributed by atoms with Gasteiger partial charge in [-0.25, -0.2) is 4.79 Å². The summed E-state index contributed by atoms with van der Waals surface area (Å²) in [6.45, 7) is 2.84. The van der Waals surface area contributed by atoms with Crippen LogP contribution >= 0.6 is 0 Å². The molecule has 0 fully saturated rings. The summed E-state index contributed by atoms with van der Waals surface area (Å²) in [5.41, 5.74) is 3.38. The number of urea groups is 1. The standard InChI is InChI=1S/C21H25N3O5/c1-13(25)24-8-7-14-5-6-16(9-15(14)12-24)22-21(26)23-17-10-18(27-2)20(29-4)19(11-17)28-3/h5-6,9-11H,7-8,12H2,1-4H3,(H2,22,23,26). The molecule has 154 valence electrons.